The van der Waals surface area contributed by atoms with E-state index in [1.807, 2.05) is 11.8 Å². The van der Waals surface area contributed by atoms with Crippen molar-refractivity contribution in [1.29, 1.82) is 0 Å². The Balaban J connectivity index is 1.79. The number of rotatable bonds is 1. The van der Waals surface area contributed by atoms with Crippen molar-refractivity contribution in [3.63, 3.8) is 0 Å². The molecule has 0 amide bonds. The molecule has 2 nitrogen and oxygen atoms in total. The van der Waals surface area contributed by atoms with Crippen molar-refractivity contribution in [2.75, 3.05) is 16.6 Å². The summed E-state index contributed by atoms with van der Waals surface area (Å²) in [5, 5.41) is 2.16. The highest BCUT2D eigenvalue weighted by Crippen LogP contribution is 2.35. The van der Waals surface area contributed by atoms with Crippen LogP contribution in [-0.2, 0) is 10.3 Å². The summed E-state index contributed by atoms with van der Waals surface area (Å²) in [7, 11) is 0. The summed E-state index contributed by atoms with van der Waals surface area (Å²) in [4.78, 5) is 6.09. The lowest BCUT2D eigenvalue weighted by Crippen LogP contribution is -2.29. The number of nitrogens with zero attached hydrogens (tertiary/aromatic N) is 1. The van der Waals surface area contributed by atoms with Crippen molar-refractivity contribution in [3.05, 3.63) is 29.8 Å². The van der Waals surface area contributed by atoms with E-state index >= 15 is 0 Å². The normalized spacial score (nSPS) is 27.4. The Bertz CT molecular complexity index is 437. The zero-order chi connectivity index (χ0) is 13.5. The maximum atomic E-state index is 6.09. The van der Waals surface area contributed by atoms with E-state index in [1.54, 1.807) is 0 Å². The van der Waals surface area contributed by atoms with Crippen LogP contribution < -0.4 is 5.06 Å². The van der Waals surface area contributed by atoms with Crippen LogP contribution in [0.4, 0.5) is 5.69 Å². The first kappa shape index (κ1) is 13.3. The van der Waals surface area contributed by atoms with Crippen LogP contribution in [-0.4, -0.2) is 23.7 Å². The van der Waals surface area contributed by atoms with Gasteiger partial charge in [-0.3, -0.25) is 9.90 Å². The quantitative estimate of drug-likeness (QED) is 0.770. The standard InChI is InChI=1S/C16H23NOS/c1-16(2,3)12-4-6-13(7-5-12)17-14-8-9-19-11-15(10-14)18-17/h4-7,14-15H,8-11H2,1-3H3/t14-,15-/m1/s1. The first-order valence-electron chi connectivity index (χ1n) is 7.18. The SMILES string of the molecule is CC(C)(C)c1ccc(N2O[C@H]3CSCC[C@@H]2C3)cc1. The molecule has 3 rings (SSSR count). The van der Waals surface area contributed by atoms with Crippen molar-refractivity contribution in [2.45, 2.75) is 51.2 Å². The lowest BCUT2D eigenvalue weighted by Gasteiger charge is -2.27. The van der Waals surface area contributed by atoms with Gasteiger partial charge in [-0.05, 0) is 41.7 Å². The smallest absolute Gasteiger partial charge is 0.0967 e. The van der Waals surface area contributed by atoms with Gasteiger partial charge >= 0.3 is 0 Å². The average molecular weight is 277 g/mol. The van der Waals surface area contributed by atoms with Crippen molar-refractivity contribution >= 4 is 17.4 Å². The predicted molar refractivity (Wildman–Crippen MR) is 82.8 cm³/mol. The van der Waals surface area contributed by atoms with Gasteiger partial charge in [0, 0.05) is 5.75 Å². The van der Waals surface area contributed by atoms with Gasteiger partial charge in [0.2, 0.25) is 0 Å². The fourth-order valence-electron chi connectivity index (χ4n) is 2.84. The Morgan fingerprint density at radius 1 is 1.21 bits per heavy atom. The van der Waals surface area contributed by atoms with Crippen LogP contribution >= 0.6 is 11.8 Å². The van der Waals surface area contributed by atoms with Gasteiger partial charge in [0.1, 0.15) is 0 Å². The number of thioether (sulfide) groups is 1. The lowest BCUT2D eigenvalue weighted by atomic mass is 9.87. The van der Waals surface area contributed by atoms with Crippen LogP contribution in [0.15, 0.2) is 24.3 Å². The topological polar surface area (TPSA) is 12.5 Å². The van der Waals surface area contributed by atoms with E-state index in [4.69, 9.17) is 4.84 Å². The molecule has 2 aliphatic heterocycles. The molecule has 104 valence electrons. The van der Waals surface area contributed by atoms with E-state index in [0.717, 1.165) is 5.75 Å². The fraction of sp³-hybridized carbons (Fsp3) is 0.625. The van der Waals surface area contributed by atoms with Crippen LogP contribution in [0.3, 0.4) is 0 Å². The minimum absolute atomic E-state index is 0.217. The van der Waals surface area contributed by atoms with E-state index < -0.39 is 0 Å². The van der Waals surface area contributed by atoms with Crippen molar-refractivity contribution < 1.29 is 4.84 Å². The van der Waals surface area contributed by atoms with E-state index in [9.17, 15) is 0 Å². The van der Waals surface area contributed by atoms with E-state index in [0.29, 0.717) is 12.1 Å². The maximum Gasteiger partial charge on any atom is 0.0967 e. The number of hydrogen-bond donors (Lipinski definition) is 0. The molecule has 0 aromatic heterocycles. The summed E-state index contributed by atoms with van der Waals surface area (Å²) < 4.78 is 0. The number of anilines is 1. The first-order valence-corrected chi connectivity index (χ1v) is 8.34. The minimum Gasteiger partial charge on any atom is -0.269 e. The van der Waals surface area contributed by atoms with E-state index in [-0.39, 0.29) is 5.41 Å². The molecule has 0 radical (unpaired) electrons. The molecule has 0 unspecified atom stereocenters. The molecule has 2 atom stereocenters. The largest absolute Gasteiger partial charge is 0.269 e. The third-order valence-electron chi connectivity index (χ3n) is 4.02. The summed E-state index contributed by atoms with van der Waals surface area (Å²) in [6, 6.07) is 9.48. The second-order valence-corrected chi connectivity index (χ2v) is 7.75. The second-order valence-electron chi connectivity index (χ2n) is 6.60. The summed E-state index contributed by atoms with van der Waals surface area (Å²) in [6.45, 7) is 6.76. The van der Waals surface area contributed by atoms with Crippen LogP contribution in [0.1, 0.15) is 39.2 Å². The number of hydroxylamine groups is 1. The molecule has 19 heavy (non-hydrogen) atoms. The Labute approximate surface area is 120 Å². The highest BCUT2D eigenvalue weighted by Gasteiger charge is 2.35. The van der Waals surface area contributed by atoms with Gasteiger partial charge in [-0.2, -0.15) is 11.8 Å². The third kappa shape index (κ3) is 2.77. The monoisotopic (exact) mass is 277 g/mol. The summed E-state index contributed by atoms with van der Waals surface area (Å²) in [6.07, 6.45) is 2.84. The van der Waals surface area contributed by atoms with Gasteiger partial charge in [0.05, 0.1) is 17.8 Å². The molecule has 2 bridgehead atoms. The molecule has 1 aromatic carbocycles. The second kappa shape index (κ2) is 5.02. The van der Waals surface area contributed by atoms with Crippen LogP contribution in [0, 0.1) is 0 Å². The Morgan fingerprint density at radius 3 is 2.63 bits per heavy atom. The zero-order valence-corrected chi connectivity index (χ0v) is 12.9. The van der Waals surface area contributed by atoms with Crippen molar-refractivity contribution in [1.82, 2.24) is 0 Å². The minimum atomic E-state index is 0.217. The molecule has 0 N–H and O–H groups in total. The molecule has 2 heterocycles. The summed E-state index contributed by atoms with van der Waals surface area (Å²) in [5.74, 6) is 2.41. The van der Waals surface area contributed by atoms with Crippen LogP contribution in [0.25, 0.3) is 0 Å². The summed E-state index contributed by atoms with van der Waals surface area (Å²) in [5.41, 5.74) is 2.81. The first-order chi connectivity index (χ1) is 9.04. The predicted octanol–water partition coefficient (Wildman–Crippen LogP) is 4.00. The lowest BCUT2D eigenvalue weighted by molar-refractivity contribution is 0.0977. The van der Waals surface area contributed by atoms with Gasteiger partial charge < -0.3 is 0 Å². The Hall–Kier alpha value is -0.670. The molecule has 3 heteroatoms. The molecule has 2 saturated heterocycles. The molecular formula is C16H23NOS. The Kier molecular flexibility index (Phi) is 3.52. The highest BCUT2D eigenvalue weighted by atomic mass is 32.2. The molecule has 0 saturated carbocycles. The van der Waals surface area contributed by atoms with E-state index in [1.165, 1.54) is 29.8 Å². The van der Waals surface area contributed by atoms with Crippen LogP contribution in [0.5, 0.6) is 0 Å². The highest BCUT2D eigenvalue weighted by molar-refractivity contribution is 7.99. The van der Waals surface area contributed by atoms with Gasteiger partial charge in [-0.1, -0.05) is 32.9 Å². The number of benzene rings is 1. The molecular weight excluding hydrogens is 254 g/mol. The summed E-state index contributed by atoms with van der Waals surface area (Å²) >= 11 is 2.03. The van der Waals surface area contributed by atoms with E-state index in [2.05, 4.69) is 50.1 Å². The fourth-order valence-corrected chi connectivity index (χ4v) is 3.90. The Morgan fingerprint density at radius 2 is 1.95 bits per heavy atom. The molecule has 1 aromatic rings. The van der Waals surface area contributed by atoms with Gasteiger partial charge in [-0.15, -0.1) is 0 Å². The number of fused-ring (bicyclic) bond motifs is 2. The number of hydrogen-bond acceptors (Lipinski definition) is 3. The van der Waals surface area contributed by atoms with Crippen LogP contribution in [0.2, 0.25) is 0 Å². The van der Waals surface area contributed by atoms with Gasteiger partial charge in [0.25, 0.3) is 0 Å². The van der Waals surface area contributed by atoms with Crippen molar-refractivity contribution in [3.8, 4) is 0 Å². The molecule has 0 spiro atoms. The molecule has 2 aliphatic rings. The zero-order valence-electron chi connectivity index (χ0n) is 12.1. The maximum absolute atomic E-state index is 6.09. The van der Waals surface area contributed by atoms with Crippen molar-refractivity contribution in [2.24, 2.45) is 0 Å². The van der Waals surface area contributed by atoms with Gasteiger partial charge in [-0.25, -0.2) is 0 Å². The average Bonchev–Trinajstić information content (AvgIpc) is 2.60. The third-order valence-corrected chi connectivity index (χ3v) is 5.15. The van der Waals surface area contributed by atoms with Gasteiger partial charge in [0.15, 0.2) is 0 Å². The molecule has 0 aliphatic carbocycles. The molecule has 2 fully saturated rings.